The fourth-order valence-corrected chi connectivity index (χ4v) is 2.21. The summed E-state index contributed by atoms with van der Waals surface area (Å²) in [4.78, 5) is 4.71. The van der Waals surface area contributed by atoms with Crippen molar-refractivity contribution in [2.75, 3.05) is 0 Å². The average Bonchev–Trinajstić information content (AvgIpc) is 2.39. The number of benzene rings is 1. The summed E-state index contributed by atoms with van der Waals surface area (Å²) in [5.74, 6) is 0.669. The van der Waals surface area contributed by atoms with Crippen molar-refractivity contribution in [2.24, 2.45) is 4.99 Å². The molecule has 1 aromatic rings. The Hall–Kier alpha value is -1.35. The van der Waals surface area contributed by atoms with Crippen molar-refractivity contribution in [1.29, 1.82) is 0 Å². The first-order chi connectivity index (χ1) is 8.17. The number of nitrogens with zero attached hydrogens (tertiary/aromatic N) is 2. The van der Waals surface area contributed by atoms with Gasteiger partial charge in [0.05, 0.1) is 11.1 Å². The summed E-state index contributed by atoms with van der Waals surface area (Å²) >= 11 is 0. The Morgan fingerprint density at radius 2 is 1.72 bits per heavy atom. The van der Waals surface area contributed by atoms with Crippen molar-refractivity contribution in [1.82, 2.24) is 5.06 Å². The predicted octanol–water partition coefficient (Wildman–Crippen LogP) is 3.31. The molecule has 1 aromatic carbocycles. The molecule has 0 aliphatic carbocycles. The lowest BCUT2D eigenvalue weighted by molar-refractivity contribution is -0.0992. The normalized spacial score (nSPS) is 21.1. The van der Waals surface area contributed by atoms with E-state index >= 15 is 0 Å². The molecule has 3 nitrogen and oxygen atoms in total. The lowest BCUT2D eigenvalue weighted by atomic mass is 9.84. The molecule has 0 bridgehead atoms. The van der Waals surface area contributed by atoms with E-state index < -0.39 is 5.54 Å². The van der Waals surface area contributed by atoms with Gasteiger partial charge in [0.2, 0.25) is 0 Å². The van der Waals surface area contributed by atoms with Crippen LogP contribution >= 0.6 is 0 Å². The van der Waals surface area contributed by atoms with Crippen molar-refractivity contribution < 1.29 is 5.21 Å². The number of aryl methyl sites for hydroxylation is 2. The Balaban J connectivity index is 2.53. The lowest BCUT2D eigenvalue weighted by Crippen LogP contribution is -2.51. The highest BCUT2D eigenvalue weighted by Crippen LogP contribution is 2.38. The van der Waals surface area contributed by atoms with Gasteiger partial charge in [0.25, 0.3) is 0 Å². The monoisotopic (exact) mass is 246 g/mol. The zero-order valence-corrected chi connectivity index (χ0v) is 12.1. The van der Waals surface area contributed by atoms with Crippen molar-refractivity contribution in [3.05, 3.63) is 34.9 Å². The maximum absolute atomic E-state index is 10.4. The van der Waals surface area contributed by atoms with Gasteiger partial charge < -0.3 is 0 Å². The molecule has 0 spiro atoms. The van der Waals surface area contributed by atoms with Gasteiger partial charge in [-0.3, -0.25) is 10.2 Å². The topological polar surface area (TPSA) is 35.8 Å². The summed E-state index contributed by atoms with van der Waals surface area (Å²) in [7, 11) is 0. The van der Waals surface area contributed by atoms with E-state index in [2.05, 4.69) is 26.0 Å². The fraction of sp³-hybridized carbons (Fsp3) is 0.533. The number of rotatable bonds is 1. The number of hydrogen-bond donors (Lipinski definition) is 1. The van der Waals surface area contributed by atoms with Crippen LogP contribution in [0, 0.1) is 13.8 Å². The largest absolute Gasteiger partial charge is 0.286 e. The Morgan fingerprint density at radius 1 is 1.11 bits per heavy atom. The molecule has 0 saturated carbocycles. The van der Waals surface area contributed by atoms with Crippen LogP contribution in [0.15, 0.2) is 23.2 Å². The van der Waals surface area contributed by atoms with Crippen LogP contribution in [0.25, 0.3) is 0 Å². The molecule has 18 heavy (non-hydrogen) atoms. The first-order valence-electron chi connectivity index (χ1n) is 6.33. The number of hydroxylamine groups is 2. The molecule has 0 aromatic heterocycles. The molecule has 0 unspecified atom stereocenters. The van der Waals surface area contributed by atoms with E-state index in [9.17, 15) is 5.21 Å². The highest BCUT2D eigenvalue weighted by atomic mass is 16.5. The van der Waals surface area contributed by atoms with Crippen molar-refractivity contribution >= 4 is 5.84 Å². The molecule has 3 heteroatoms. The Labute approximate surface area is 109 Å². The van der Waals surface area contributed by atoms with Gasteiger partial charge in [-0.05, 0) is 47.1 Å². The molecule has 0 saturated heterocycles. The summed E-state index contributed by atoms with van der Waals surface area (Å²) in [6, 6.07) is 6.20. The minimum absolute atomic E-state index is 0.311. The van der Waals surface area contributed by atoms with E-state index in [1.165, 1.54) is 10.6 Å². The Kier molecular flexibility index (Phi) is 2.78. The summed E-state index contributed by atoms with van der Waals surface area (Å²) in [6.45, 7) is 12.2. The maximum Gasteiger partial charge on any atom is 0.156 e. The van der Waals surface area contributed by atoms with Crippen LogP contribution in [-0.2, 0) is 0 Å². The van der Waals surface area contributed by atoms with Crippen molar-refractivity contribution in [2.45, 2.75) is 52.6 Å². The molecule has 1 heterocycles. The zero-order valence-electron chi connectivity index (χ0n) is 12.1. The minimum atomic E-state index is -0.403. The summed E-state index contributed by atoms with van der Waals surface area (Å²) in [6.07, 6.45) is 0. The highest BCUT2D eigenvalue weighted by molar-refractivity contribution is 6.01. The zero-order chi connectivity index (χ0) is 13.7. The SMILES string of the molecule is Cc1ccc(C2=NC(C)(C)C(C)(C)N2O)c(C)c1. The molecule has 0 fully saturated rings. The van der Waals surface area contributed by atoms with Gasteiger partial charge >= 0.3 is 0 Å². The molecule has 98 valence electrons. The van der Waals surface area contributed by atoms with Gasteiger partial charge in [0, 0.05) is 5.56 Å². The molecule has 1 aliphatic heterocycles. The van der Waals surface area contributed by atoms with E-state index in [4.69, 9.17) is 4.99 Å². The van der Waals surface area contributed by atoms with Crippen LogP contribution in [0.1, 0.15) is 44.4 Å². The molecule has 1 aliphatic rings. The van der Waals surface area contributed by atoms with E-state index in [-0.39, 0.29) is 5.54 Å². The van der Waals surface area contributed by atoms with E-state index in [1.54, 1.807) is 0 Å². The number of aliphatic imine (C=N–C) groups is 1. The smallest absolute Gasteiger partial charge is 0.156 e. The average molecular weight is 246 g/mol. The molecule has 0 atom stereocenters. The van der Waals surface area contributed by atoms with E-state index in [1.807, 2.05) is 33.8 Å². The van der Waals surface area contributed by atoms with Gasteiger partial charge in [-0.25, -0.2) is 5.06 Å². The van der Waals surface area contributed by atoms with Gasteiger partial charge in [0.15, 0.2) is 5.84 Å². The Bertz CT molecular complexity index is 515. The summed E-state index contributed by atoms with van der Waals surface area (Å²) in [5, 5.41) is 11.7. The molecular formula is C15H22N2O. The second kappa shape index (κ2) is 3.82. The third-order valence-electron chi connectivity index (χ3n) is 4.24. The van der Waals surface area contributed by atoms with Crippen LogP contribution in [0.5, 0.6) is 0 Å². The highest BCUT2D eigenvalue weighted by Gasteiger charge is 2.49. The van der Waals surface area contributed by atoms with Crippen LogP contribution in [-0.4, -0.2) is 27.2 Å². The van der Waals surface area contributed by atoms with Crippen LogP contribution in [0.4, 0.5) is 0 Å². The van der Waals surface area contributed by atoms with Gasteiger partial charge in [-0.1, -0.05) is 23.8 Å². The van der Waals surface area contributed by atoms with Crippen molar-refractivity contribution in [3.8, 4) is 0 Å². The van der Waals surface area contributed by atoms with Crippen LogP contribution in [0.2, 0.25) is 0 Å². The number of hydrogen-bond acceptors (Lipinski definition) is 3. The summed E-state index contributed by atoms with van der Waals surface area (Å²) in [5.41, 5.74) is 2.65. The van der Waals surface area contributed by atoms with Gasteiger partial charge in [-0.15, -0.1) is 0 Å². The van der Waals surface area contributed by atoms with Crippen LogP contribution < -0.4 is 0 Å². The van der Waals surface area contributed by atoms with Crippen LogP contribution in [0.3, 0.4) is 0 Å². The quantitative estimate of drug-likeness (QED) is 0.825. The first kappa shape index (κ1) is 13.1. The van der Waals surface area contributed by atoms with E-state index in [0.717, 1.165) is 11.1 Å². The molecule has 0 radical (unpaired) electrons. The standard InChI is InChI=1S/C15H22N2O/c1-10-7-8-12(11(2)9-10)13-16-14(3,4)15(5,6)17(13)18/h7-9,18H,1-6H3. The lowest BCUT2D eigenvalue weighted by Gasteiger charge is -2.37. The predicted molar refractivity (Wildman–Crippen MR) is 74.2 cm³/mol. The summed E-state index contributed by atoms with van der Waals surface area (Å²) < 4.78 is 0. The molecule has 1 N–H and O–H groups in total. The third kappa shape index (κ3) is 1.74. The Morgan fingerprint density at radius 3 is 2.17 bits per heavy atom. The van der Waals surface area contributed by atoms with E-state index in [0.29, 0.717) is 5.84 Å². The maximum atomic E-state index is 10.4. The molecular weight excluding hydrogens is 224 g/mol. The van der Waals surface area contributed by atoms with Gasteiger partial charge in [-0.2, -0.15) is 0 Å². The second-order valence-electron chi connectivity index (χ2n) is 6.18. The second-order valence-corrected chi connectivity index (χ2v) is 6.18. The molecule has 0 amide bonds. The molecule has 2 rings (SSSR count). The first-order valence-corrected chi connectivity index (χ1v) is 6.33. The number of amidine groups is 1. The fourth-order valence-electron chi connectivity index (χ4n) is 2.21. The van der Waals surface area contributed by atoms with Gasteiger partial charge in [0.1, 0.15) is 0 Å². The minimum Gasteiger partial charge on any atom is -0.286 e. The third-order valence-corrected chi connectivity index (χ3v) is 4.24. The van der Waals surface area contributed by atoms with Crippen molar-refractivity contribution in [3.63, 3.8) is 0 Å².